The Kier molecular flexibility index (Phi) is 5.32. The Hall–Kier alpha value is -1.02. The summed E-state index contributed by atoms with van der Waals surface area (Å²) in [5.41, 5.74) is 6.04. The molecule has 1 saturated heterocycles. The quantitative estimate of drug-likeness (QED) is 0.829. The van der Waals surface area contributed by atoms with Gasteiger partial charge >= 0.3 is 0 Å². The molecule has 0 saturated carbocycles. The molecule has 1 atom stereocenters. The largest absolute Gasteiger partial charge is 0.381 e. The molecule has 0 bridgehead atoms. The zero-order valence-electron chi connectivity index (χ0n) is 12.1. The minimum absolute atomic E-state index is 0.0365. The van der Waals surface area contributed by atoms with E-state index in [9.17, 15) is 12.8 Å². The number of rotatable bonds is 6. The van der Waals surface area contributed by atoms with Gasteiger partial charge in [-0.05, 0) is 43.4 Å². The number of hydrogen-bond donors (Lipinski definition) is 2. The standard InChI is InChI=1S/C14H21FN2O3S/c1-10-13(15)6-12(8-16)7-14(10)21(18,19)17-4-2-11-3-5-20-9-11/h6-7,11,17H,2-5,8-9,16H2,1H3. The van der Waals surface area contributed by atoms with Crippen LogP contribution in [0.4, 0.5) is 4.39 Å². The topological polar surface area (TPSA) is 81.4 Å². The summed E-state index contributed by atoms with van der Waals surface area (Å²) in [5, 5.41) is 0. The van der Waals surface area contributed by atoms with Crippen molar-refractivity contribution in [3.8, 4) is 0 Å². The number of nitrogens with two attached hydrogens (primary N) is 1. The lowest BCUT2D eigenvalue weighted by Gasteiger charge is -2.13. The second-order valence-electron chi connectivity index (χ2n) is 5.32. The maximum atomic E-state index is 13.8. The Labute approximate surface area is 124 Å². The molecule has 0 aliphatic carbocycles. The van der Waals surface area contributed by atoms with E-state index in [4.69, 9.17) is 10.5 Å². The molecule has 2 rings (SSSR count). The molecule has 5 nitrogen and oxygen atoms in total. The normalized spacial score (nSPS) is 19.1. The molecule has 0 radical (unpaired) electrons. The first-order valence-corrected chi connectivity index (χ1v) is 8.49. The zero-order chi connectivity index (χ0) is 15.5. The van der Waals surface area contributed by atoms with Crippen molar-refractivity contribution in [1.82, 2.24) is 4.72 Å². The van der Waals surface area contributed by atoms with Crippen molar-refractivity contribution in [3.05, 3.63) is 29.1 Å². The van der Waals surface area contributed by atoms with Gasteiger partial charge in [-0.15, -0.1) is 0 Å². The van der Waals surface area contributed by atoms with E-state index in [-0.39, 0.29) is 17.0 Å². The van der Waals surface area contributed by atoms with Crippen LogP contribution in [0.15, 0.2) is 17.0 Å². The monoisotopic (exact) mass is 316 g/mol. The number of nitrogens with one attached hydrogen (secondary N) is 1. The summed E-state index contributed by atoms with van der Waals surface area (Å²) in [5.74, 6) is -0.163. The molecule has 1 aliphatic rings. The third-order valence-corrected chi connectivity index (χ3v) is 5.34. The summed E-state index contributed by atoms with van der Waals surface area (Å²) in [6.45, 7) is 3.29. The van der Waals surface area contributed by atoms with Crippen molar-refractivity contribution in [1.29, 1.82) is 0 Å². The number of ether oxygens (including phenoxy) is 1. The first kappa shape index (κ1) is 16.4. The van der Waals surface area contributed by atoms with Gasteiger partial charge in [0.2, 0.25) is 10.0 Å². The van der Waals surface area contributed by atoms with Crippen LogP contribution < -0.4 is 10.5 Å². The fourth-order valence-corrected chi connectivity index (χ4v) is 3.74. The highest BCUT2D eigenvalue weighted by molar-refractivity contribution is 7.89. The van der Waals surface area contributed by atoms with Gasteiger partial charge in [-0.25, -0.2) is 17.5 Å². The SMILES string of the molecule is Cc1c(F)cc(CN)cc1S(=O)(=O)NCCC1CCOC1. The highest BCUT2D eigenvalue weighted by atomic mass is 32.2. The molecule has 1 heterocycles. The van der Waals surface area contributed by atoms with Gasteiger partial charge in [0.25, 0.3) is 0 Å². The Bertz CT molecular complexity index is 598. The van der Waals surface area contributed by atoms with Crippen molar-refractivity contribution in [2.75, 3.05) is 19.8 Å². The second-order valence-corrected chi connectivity index (χ2v) is 7.06. The van der Waals surface area contributed by atoms with Crippen molar-refractivity contribution in [2.24, 2.45) is 11.7 Å². The Morgan fingerprint density at radius 1 is 1.48 bits per heavy atom. The first-order valence-electron chi connectivity index (χ1n) is 7.00. The maximum absolute atomic E-state index is 13.8. The zero-order valence-corrected chi connectivity index (χ0v) is 12.9. The Balaban J connectivity index is 2.09. The minimum Gasteiger partial charge on any atom is -0.381 e. The molecule has 0 spiro atoms. The second kappa shape index (κ2) is 6.83. The van der Waals surface area contributed by atoms with E-state index in [1.807, 2.05) is 0 Å². The van der Waals surface area contributed by atoms with Gasteiger partial charge < -0.3 is 10.5 Å². The van der Waals surface area contributed by atoms with Crippen molar-refractivity contribution in [3.63, 3.8) is 0 Å². The smallest absolute Gasteiger partial charge is 0.240 e. The summed E-state index contributed by atoms with van der Waals surface area (Å²) in [6.07, 6.45) is 1.68. The van der Waals surface area contributed by atoms with Gasteiger partial charge in [-0.2, -0.15) is 0 Å². The lowest BCUT2D eigenvalue weighted by Crippen LogP contribution is -2.27. The van der Waals surface area contributed by atoms with Gasteiger partial charge in [0.15, 0.2) is 0 Å². The lowest BCUT2D eigenvalue weighted by molar-refractivity contribution is 0.184. The predicted molar refractivity (Wildman–Crippen MR) is 77.8 cm³/mol. The molecule has 118 valence electrons. The van der Waals surface area contributed by atoms with E-state index in [1.165, 1.54) is 19.1 Å². The molecule has 1 aromatic rings. The fourth-order valence-electron chi connectivity index (χ4n) is 2.39. The Morgan fingerprint density at radius 3 is 2.86 bits per heavy atom. The predicted octanol–water partition coefficient (Wildman–Crippen LogP) is 1.30. The number of benzene rings is 1. The third kappa shape index (κ3) is 4.00. The molecule has 1 unspecified atom stereocenters. The molecule has 0 aromatic heterocycles. The van der Waals surface area contributed by atoms with Gasteiger partial charge in [0.1, 0.15) is 5.82 Å². The molecular formula is C14H21FN2O3S. The van der Waals surface area contributed by atoms with Crippen LogP contribution in [0.1, 0.15) is 24.0 Å². The van der Waals surface area contributed by atoms with Crippen LogP contribution in [0.25, 0.3) is 0 Å². The first-order chi connectivity index (χ1) is 9.94. The fraction of sp³-hybridized carbons (Fsp3) is 0.571. The van der Waals surface area contributed by atoms with Crippen molar-refractivity contribution >= 4 is 10.0 Å². The van der Waals surface area contributed by atoms with Gasteiger partial charge in [0, 0.05) is 31.9 Å². The van der Waals surface area contributed by atoms with Crippen LogP contribution in [-0.4, -0.2) is 28.2 Å². The average molecular weight is 316 g/mol. The van der Waals surface area contributed by atoms with Crippen LogP contribution in [0.2, 0.25) is 0 Å². The molecule has 1 fully saturated rings. The number of hydrogen-bond acceptors (Lipinski definition) is 4. The van der Waals surface area contributed by atoms with E-state index in [1.54, 1.807) is 0 Å². The minimum atomic E-state index is -3.72. The number of sulfonamides is 1. The summed E-state index contributed by atoms with van der Waals surface area (Å²) in [7, 11) is -3.72. The maximum Gasteiger partial charge on any atom is 0.240 e. The van der Waals surface area contributed by atoms with Crippen molar-refractivity contribution in [2.45, 2.75) is 31.2 Å². The molecule has 21 heavy (non-hydrogen) atoms. The summed E-state index contributed by atoms with van der Waals surface area (Å²) >= 11 is 0. The summed E-state index contributed by atoms with van der Waals surface area (Å²) in [4.78, 5) is -0.0365. The number of halogens is 1. The molecule has 1 aromatic carbocycles. The van der Waals surface area contributed by atoms with Crippen LogP contribution in [-0.2, 0) is 21.3 Å². The molecule has 1 aliphatic heterocycles. The average Bonchev–Trinajstić information content (AvgIpc) is 2.94. The Morgan fingerprint density at radius 2 is 2.24 bits per heavy atom. The summed E-state index contributed by atoms with van der Waals surface area (Å²) in [6, 6.07) is 2.70. The molecule has 7 heteroatoms. The lowest BCUT2D eigenvalue weighted by atomic mass is 10.1. The van der Waals surface area contributed by atoms with Crippen LogP contribution in [0, 0.1) is 18.7 Å². The molecule has 0 amide bonds. The molecule has 3 N–H and O–H groups in total. The van der Waals surface area contributed by atoms with Crippen LogP contribution >= 0.6 is 0 Å². The van der Waals surface area contributed by atoms with E-state index in [0.717, 1.165) is 19.4 Å². The van der Waals surface area contributed by atoms with E-state index < -0.39 is 15.8 Å². The van der Waals surface area contributed by atoms with Crippen LogP contribution in [0.5, 0.6) is 0 Å². The summed E-state index contributed by atoms with van der Waals surface area (Å²) < 4.78 is 46.1. The van der Waals surface area contributed by atoms with Crippen LogP contribution in [0.3, 0.4) is 0 Å². The van der Waals surface area contributed by atoms with Gasteiger partial charge in [0.05, 0.1) is 4.90 Å². The molecular weight excluding hydrogens is 295 g/mol. The van der Waals surface area contributed by atoms with E-state index >= 15 is 0 Å². The highest BCUT2D eigenvalue weighted by Gasteiger charge is 2.21. The van der Waals surface area contributed by atoms with Gasteiger partial charge in [-0.3, -0.25) is 0 Å². The van der Waals surface area contributed by atoms with Gasteiger partial charge in [-0.1, -0.05) is 0 Å². The van der Waals surface area contributed by atoms with Crippen molar-refractivity contribution < 1.29 is 17.5 Å². The third-order valence-electron chi connectivity index (χ3n) is 3.75. The van der Waals surface area contributed by atoms with E-state index in [2.05, 4.69) is 4.72 Å². The van der Waals surface area contributed by atoms with E-state index in [0.29, 0.717) is 24.6 Å². The highest BCUT2D eigenvalue weighted by Crippen LogP contribution is 2.21.